The van der Waals surface area contributed by atoms with Gasteiger partial charge in [-0.1, -0.05) is 20.8 Å². The van der Waals surface area contributed by atoms with Crippen LogP contribution < -0.4 is 5.30 Å². The summed E-state index contributed by atoms with van der Waals surface area (Å²) >= 11 is 0. The summed E-state index contributed by atoms with van der Waals surface area (Å²) in [4.78, 5) is 0. The summed E-state index contributed by atoms with van der Waals surface area (Å²) in [5.74, 6) is 3.38. The van der Waals surface area contributed by atoms with Crippen molar-refractivity contribution < 1.29 is 21.7 Å². The van der Waals surface area contributed by atoms with E-state index in [4.69, 9.17) is 0 Å². The second-order valence-electron chi connectivity index (χ2n) is 5.65. The number of hydrogen-bond acceptors (Lipinski definition) is 0. The van der Waals surface area contributed by atoms with Gasteiger partial charge in [-0.15, -0.1) is 5.30 Å². The van der Waals surface area contributed by atoms with Crippen LogP contribution in [0.25, 0.3) is 0 Å². The molecule has 0 unspecified atom stereocenters. The number of rotatable bonds is 1. The van der Waals surface area contributed by atoms with Crippen molar-refractivity contribution in [3.63, 3.8) is 0 Å². The molecule has 23 heavy (non-hydrogen) atoms. The fraction of sp³-hybridized carbons (Fsp3) is 0.190. The van der Waals surface area contributed by atoms with Gasteiger partial charge in [0.05, 0.1) is 0 Å². The predicted molar refractivity (Wildman–Crippen MR) is 100 cm³/mol. The van der Waals surface area contributed by atoms with Crippen molar-refractivity contribution in [2.24, 2.45) is 5.41 Å². The number of benzene rings is 1. The summed E-state index contributed by atoms with van der Waals surface area (Å²) in [5.41, 5.74) is 0.172. The van der Waals surface area contributed by atoms with E-state index in [1.165, 1.54) is 5.30 Å². The molecule has 124 valence electrons. The number of hydrogen-bond donors (Lipinski definition) is 0. The van der Waals surface area contributed by atoms with Gasteiger partial charge in [0, 0.05) is 21.7 Å². The Morgan fingerprint density at radius 2 is 1.48 bits per heavy atom. The molecule has 0 saturated carbocycles. The van der Waals surface area contributed by atoms with Gasteiger partial charge in [-0.3, -0.25) is 0 Å². The van der Waals surface area contributed by atoms with Gasteiger partial charge in [0.25, 0.3) is 0 Å². The monoisotopic (exact) mass is 354 g/mol. The Morgan fingerprint density at radius 3 is 1.83 bits per heavy atom. The van der Waals surface area contributed by atoms with Crippen molar-refractivity contribution in [2.45, 2.75) is 20.8 Å². The zero-order chi connectivity index (χ0) is 16.1. The van der Waals surface area contributed by atoms with Crippen LogP contribution in [0.15, 0.2) is 84.9 Å². The maximum atomic E-state index is 3.38. The summed E-state index contributed by atoms with van der Waals surface area (Å²) in [6.45, 7) is 6.47. The molecule has 0 spiro atoms. The summed E-state index contributed by atoms with van der Waals surface area (Å²) in [6, 6.07) is 31.2. The molecule has 0 N–H and O–H groups in total. The van der Waals surface area contributed by atoms with Gasteiger partial charge in [0.15, 0.2) is 0 Å². The molecular formula is C21H23PTi-8. The smallest absolute Gasteiger partial charge is 0 e. The SMILES string of the molecule is CC(C)(C)[C-]=Pc1[c-]cccc1.[Ti].[cH-]1[cH-][cH-][cH-][cH-]1.c1cc[cH-]c1. The van der Waals surface area contributed by atoms with Gasteiger partial charge in [-0.25, -0.2) is 12.1 Å². The normalized spacial score (nSPS) is 9.87. The second kappa shape index (κ2) is 13.3. The minimum Gasteiger partial charge on any atom is -0.748 e. The molecule has 0 fully saturated rings. The molecule has 3 aromatic carbocycles. The van der Waals surface area contributed by atoms with Crippen LogP contribution in [0.3, 0.4) is 0 Å². The Hall–Kier alpha value is -1.20. The Labute approximate surface area is 158 Å². The minimum absolute atomic E-state index is 0. The average molecular weight is 354 g/mol. The van der Waals surface area contributed by atoms with Gasteiger partial charge >= 0.3 is 0 Å². The van der Waals surface area contributed by atoms with Gasteiger partial charge in [-0.2, -0.15) is 53.9 Å². The Kier molecular flexibility index (Phi) is 12.6. The van der Waals surface area contributed by atoms with Gasteiger partial charge in [0.1, 0.15) is 0 Å². The van der Waals surface area contributed by atoms with E-state index in [0.717, 1.165) is 8.20 Å². The van der Waals surface area contributed by atoms with Crippen LogP contribution in [-0.4, -0.2) is 5.80 Å². The Bertz CT molecular complexity index is 512. The van der Waals surface area contributed by atoms with Crippen LogP contribution in [0.1, 0.15) is 20.8 Å². The van der Waals surface area contributed by atoms with Crippen molar-refractivity contribution >= 4 is 19.3 Å². The van der Waals surface area contributed by atoms with E-state index in [9.17, 15) is 0 Å². The molecule has 0 aliphatic rings. The Morgan fingerprint density at radius 1 is 0.913 bits per heavy atom. The van der Waals surface area contributed by atoms with Crippen LogP contribution in [0.4, 0.5) is 0 Å². The fourth-order valence-corrected chi connectivity index (χ4v) is 2.08. The zero-order valence-electron chi connectivity index (χ0n) is 14.0. The molecule has 0 bridgehead atoms. The van der Waals surface area contributed by atoms with Crippen LogP contribution in [0.5, 0.6) is 0 Å². The summed E-state index contributed by atoms with van der Waals surface area (Å²) < 4.78 is 0. The third-order valence-electron chi connectivity index (χ3n) is 2.32. The molecule has 0 aliphatic carbocycles. The molecule has 0 amide bonds. The van der Waals surface area contributed by atoms with Crippen molar-refractivity contribution in [3.8, 4) is 0 Å². The molecule has 0 radical (unpaired) electrons. The van der Waals surface area contributed by atoms with E-state index in [0.29, 0.717) is 0 Å². The zero-order valence-corrected chi connectivity index (χ0v) is 16.5. The van der Waals surface area contributed by atoms with Crippen molar-refractivity contribution in [1.29, 1.82) is 0 Å². The van der Waals surface area contributed by atoms with E-state index in [1.54, 1.807) is 0 Å². The van der Waals surface area contributed by atoms with E-state index in [-0.39, 0.29) is 27.1 Å². The molecule has 0 atom stereocenters. The standard InChI is InChI=1S/C11H13P.2C5H5.Ti/c1-11(2,3)9-12-10-7-5-4-6-8-10;2*1-2-4-5-3-1;/h4-7H,1-3H3;2*1-5H;/q-2;-5;-1;. The van der Waals surface area contributed by atoms with Gasteiger partial charge in [0.2, 0.25) is 0 Å². The second-order valence-corrected chi connectivity index (χ2v) is 6.57. The first-order chi connectivity index (χ1) is 10.6. The third kappa shape index (κ3) is 14.1. The topological polar surface area (TPSA) is 0 Å². The molecule has 3 aromatic rings. The molecule has 0 aliphatic heterocycles. The molecule has 0 aromatic heterocycles. The van der Waals surface area contributed by atoms with Gasteiger partial charge < -0.3 is 44.3 Å². The summed E-state index contributed by atoms with van der Waals surface area (Å²) in [6.07, 6.45) is 0. The quantitative estimate of drug-likeness (QED) is 0.303. The fourth-order valence-electron chi connectivity index (χ4n) is 1.32. The van der Waals surface area contributed by atoms with E-state index in [1.807, 2.05) is 78.9 Å². The third-order valence-corrected chi connectivity index (χ3v) is 3.62. The van der Waals surface area contributed by atoms with Crippen molar-refractivity contribution in [3.05, 3.63) is 91.0 Å². The predicted octanol–water partition coefficient (Wildman–Crippen LogP) is 5.59. The summed E-state index contributed by atoms with van der Waals surface area (Å²) in [7, 11) is 1.14. The van der Waals surface area contributed by atoms with E-state index >= 15 is 0 Å². The maximum Gasteiger partial charge on any atom is 0 e. The van der Waals surface area contributed by atoms with Crippen LogP contribution in [-0.2, 0) is 21.7 Å². The first-order valence-corrected chi connectivity index (χ1v) is 8.25. The van der Waals surface area contributed by atoms with Crippen LogP contribution in [0, 0.1) is 11.5 Å². The maximum absolute atomic E-state index is 3.38. The van der Waals surface area contributed by atoms with Gasteiger partial charge in [-0.05, 0) is 0 Å². The van der Waals surface area contributed by atoms with Crippen LogP contribution >= 0.6 is 8.20 Å². The van der Waals surface area contributed by atoms with Crippen LogP contribution in [0.2, 0.25) is 0 Å². The molecule has 0 heterocycles. The Balaban J connectivity index is 0.000000362. The molecule has 3 rings (SSSR count). The first-order valence-electron chi connectivity index (χ1n) is 7.36. The summed E-state index contributed by atoms with van der Waals surface area (Å²) in [5, 5.41) is 1.19. The minimum atomic E-state index is 0. The average Bonchev–Trinajstić information content (AvgIpc) is 3.23. The van der Waals surface area contributed by atoms with E-state index < -0.39 is 0 Å². The molecule has 0 nitrogen and oxygen atoms in total. The molecular weight excluding hydrogens is 331 g/mol. The van der Waals surface area contributed by atoms with Crippen molar-refractivity contribution in [2.75, 3.05) is 0 Å². The largest absolute Gasteiger partial charge is 0.748 e. The molecule has 2 heteroatoms. The molecule has 0 saturated heterocycles. The van der Waals surface area contributed by atoms with Crippen molar-refractivity contribution in [1.82, 2.24) is 0 Å². The first kappa shape index (κ1) is 21.8. The van der Waals surface area contributed by atoms with E-state index in [2.05, 4.69) is 38.7 Å².